The number of aryl methyl sites for hydroxylation is 1. The molecule has 0 saturated heterocycles. The van der Waals surface area contributed by atoms with Gasteiger partial charge in [-0.3, -0.25) is 0 Å². The van der Waals surface area contributed by atoms with Crippen LogP contribution < -0.4 is 20.5 Å². The molecule has 2 aromatic carbocycles. The van der Waals surface area contributed by atoms with Crippen LogP contribution in [-0.4, -0.2) is 35.1 Å². The standard InChI is InChI=1S/C21H23N5O4/c1-4-13-7-5-6-8-16(13)23-21-25-18(24-20(22)26-21)12-30-19(27)15-10-9-14(28-2)11-17(15)29-3/h5-11H,4,12H2,1-3H3,(H3,22,23,24,25,26). The minimum atomic E-state index is -0.584. The summed E-state index contributed by atoms with van der Waals surface area (Å²) in [6, 6.07) is 12.6. The molecule has 0 aliphatic carbocycles. The number of nitrogens with one attached hydrogen (secondary N) is 1. The molecule has 0 aliphatic rings. The van der Waals surface area contributed by atoms with Gasteiger partial charge in [-0.15, -0.1) is 0 Å². The highest BCUT2D eigenvalue weighted by Crippen LogP contribution is 2.25. The number of benzene rings is 2. The second kappa shape index (κ2) is 9.55. The lowest BCUT2D eigenvalue weighted by Gasteiger charge is -2.12. The summed E-state index contributed by atoms with van der Waals surface area (Å²) < 4.78 is 15.7. The van der Waals surface area contributed by atoms with Crippen LogP contribution >= 0.6 is 0 Å². The fourth-order valence-corrected chi connectivity index (χ4v) is 2.80. The average molecular weight is 409 g/mol. The van der Waals surface area contributed by atoms with Crippen molar-refractivity contribution in [1.29, 1.82) is 0 Å². The molecule has 0 atom stereocenters. The summed E-state index contributed by atoms with van der Waals surface area (Å²) in [5.74, 6) is 0.843. The van der Waals surface area contributed by atoms with E-state index < -0.39 is 5.97 Å². The highest BCUT2D eigenvalue weighted by atomic mass is 16.5. The molecule has 0 unspecified atom stereocenters. The Morgan fingerprint density at radius 3 is 2.60 bits per heavy atom. The van der Waals surface area contributed by atoms with Crippen LogP contribution in [0.3, 0.4) is 0 Å². The highest BCUT2D eigenvalue weighted by molar-refractivity contribution is 5.92. The summed E-state index contributed by atoms with van der Waals surface area (Å²) >= 11 is 0. The number of nitrogen functional groups attached to an aromatic ring is 1. The summed E-state index contributed by atoms with van der Waals surface area (Å²) in [5, 5.41) is 3.14. The lowest BCUT2D eigenvalue weighted by atomic mass is 10.1. The van der Waals surface area contributed by atoms with Crippen LogP contribution in [0.5, 0.6) is 11.5 Å². The number of rotatable bonds is 8. The van der Waals surface area contributed by atoms with E-state index in [9.17, 15) is 4.79 Å². The van der Waals surface area contributed by atoms with E-state index in [1.54, 1.807) is 18.2 Å². The molecule has 30 heavy (non-hydrogen) atoms. The van der Waals surface area contributed by atoms with Gasteiger partial charge in [-0.25, -0.2) is 4.79 Å². The number of esters is 1. The van der Waals surface area contributed by atoms with Gasteiger partial charge in [0.25, 0.3) is 0 Å². The smallest absolute Gasteiger partial charge is 0.342 e. The number of para-hydroxylation sites is 1. The van der Waals surface area contributed by atoms with E-state index in [0.29, 0.717) is 11.5 Å². The summed E-state index contributed by atoms with van der Waals surface area (Å²) in [5.41, 5.74) is 8.04. The topological polar surface area (TPSA) is 121 Å². The van der Waals surface area contributed by atoms with Crippen LogP contribution in [0.15, 0.2) is 42.5 Å². The molecular formula is C21H23N5O4. The Hall–Kier alpha value is -3.88. The fraction of sp³-hybridized carbons (Fsp3) is 0.238. The van der Waals surface area contributed by atoms with Crippen LogP contribution in [0, 0.1) is 0 Å². The first-order valence-electron chi connectivity index (χ1n) is 9.28. The van der Waals surface area contributed by atoms with E-state index in [4.69, 9.17) is 19.9 Å². The molecule has 0 fully saturated rings. The number of methoxy groups -OCH3 is 2. The normalized spacial score (nSPS) is 10.4. The number of anilines is 3. The zero-order valence-corrected chi connectivity index (χ0v) is 17.0. The van der Waals surface area contributed by atoms with Crippen LogP contribution in [0.1, 0.15) is 28.7 Å². The Morgan fingerprint density at radius 1 is 1.07 bits per heavy atom. The van der Waals surface area contributed by atoms with E-state index in [-0.39, 0.29) is 29.9 Å². The molecule has 9 heteroatoms. The molecule has 3 N–H and O–H groups in total. The summed E-state index contributed by atoms with van der Waals surface area (Å²) in [6.07, 6.45) is 0.845. The van der Waals surface area contributed by atoms with Gasteiger partial charge >= 0.3 is 5.97 Å². The number of carbonyl (C=O) groups is 1. The van der Waals surface area contributed by atoms with Gasteiger partial charge in [-0.05, 0) is 30.2 Å². The number of carbonyl (C=O) groups excluding carboxylic acids is 1. The summed E-state index contributed by atoms with van der Waals surface area (Å²) in [7, 11) is 2.99. The van der Waals surface area contributed by atoms with E-state index in [0.717, 1.165) is 17.7 Å². The van der Waals surface area contributed by atoms with E-state index in [1.165, 1.54) is 14.2 Å². The van der Waals surface area contributed by atoms with Gasteiger partial charge < -0.3 is 25.3 Å². The molecule has 3 rings (SSSR count). The monoisotopic (exact) mass is 409 g/mol. The van der Waals surface area contributed by atoms with Gasteiger partial charge in [0.2, 0.25) is 11.9 Å². The molecule has 1 heterocycles. The maximum atomic E-state index is 12.5. The average Bonchev–Trinajstić information content (AvgIpc) is 2.77. The van der Waals surface area contributed by atoms with Crippen molar-refractivity contribution < 1.29 is 19.0 Å². The first kappa shape index (κ1) is 20.8. The van der Waals surface area contributed by atoms with Gasteiger partial charge in [0.1, 0.15) is 17.1 Å². The molecule has 0 bridgehead atoms. The number of hydrogen-bond donors (Lipinski definition) is 2. The first-order valence-corrected chi connectivity index (χ1v) is 9.28. The molecule has 0 saturated carbocycles. The van der Waals surface area contributed by atoms with E-state index >= 15 is 0 Å². The van der Waals surface area contributed by atoms with Crippen LogP contribution in [0.4, 0.5) is 17.6 Å². The van der Waals surface area contributed by atoms with Gasteiger partial charge in [-0.1, -0.05) is 25.1 Å². The Kier molecular flexibility index (Phi) is 6.63. The second-order valence-corrected chi connectivity index (χ2v) is 6.21. The number of aromatic nitrogens is 3. The van der Waals surface area contributed by atoms with Gasteiger partial charge in [0.05, 0.1) is 14.2 Å². The lowest BCUT2D eigenvalue weighted by Crippen LogP contribution is -2.12. The number of ether oxygens (including phenoxy) is 3. The SMILES string of the molecule is CCc1ccccc1Nc1nc(N)nc(COC(=O)c2ccc(OC)cc2OC)n1. The maximum Gasteiger partial charge on any atom is 0.342 e. The third-order valence-corrected chi connectivity index (χ3v) is 4.30. The highest BCUT2D eigenvalue weighted by Gasteiger charge is 2.16. The lowest BCUT2D eigenvalue weighted by molar-refractivity contribution is 0.0458. The fourth-order valence-electron chi connectivity index (χ4n) is 2.80. The molecule has 3 aromatic rings. The Morgan fingerprint density at radius 2 is 1.87 bits per heavy atom. The molecule has 0 aliphatic heterocycles. The van der Waals surface area contributed by atoms with Crippen molar-refractivity contribution in [1.82, 2.24) is 15.0 Å². The molecule has 1 aromatic heterocycles. The Balaban J connectivity index is 1.74. The molecule has 9 nitrogen and oxygen atoms in total. The van der Waals surface area contributed by atoms with Gasteiger partial charge in [0.15, 0.2) is 12.4 Å². The number of nitrogens with zero attached hydrogens (tertiary/aromatic N) is 3. The minimum absolute atomic E-state index is 0.0227. The van der Waals surface area contributed by atoms with Crippen molar-refractivity contribution in [2.75, 3.05) is 25.3 Å². The van der Waals surface area contributed by atoms with Crippen molar-refractivity contribution in [2.24, 2.45) is 0 Å². The quantitative estimate of drug-likeness (QED) is 0.540. The van der Waals surface area contributed by atoms with E-state index in [2.05, 4.69) is 27.2 Å². The predicted molar refractivity (Wildman–Crippen MR) is 112 cm³/mol. The van der Waals surface area contributed by atoms with Crippen LogP contribution in [0.25, 0.3) is 0 Å². The third-order valence-electron chi connectivity index (χ3n) is 4.30. The maximum absolute atomic E-state index is 12.5. The van der Waals surface area contributed by atoms with Crippen LogP contribution in [-0.2, 0) is 17.8 Å². The second-order valence-electron chi connectivity index (χ2n) is 6.21. The molecule has 0 amide bonds. The van der Waals surface area contributed by atoms with Gasteiger partial charge in [-0.2, -0.15) is 15.0 Å². The number of nitrogens with two attached hydrogens (primary N) is 1. The number of hydrogen-bond acceptors (Lipinski definition) is 9. The van der Waals surface area contributed by atoms with Crippen molar-refractivity contribution in [3.8, 4) is 11.5 Å². The van der Waals surface area contributed by atoms with Crippen LogP contribution in [0.2, 0.25) is 0 Å². The van der Waals surface area contributed by atoms with Crippen molar-refractivity contribution in [3.63, 3.8) is 0 Å². The van der Waals surface area contributed by atoms with Crippen molar-refractivity contribution in [2.45, 2.75) is 20.0 Å². The molecular weight excluding hydrogens is 386 g/mol. The Bertz CT molecular complexity index is 1040. The van der Waals surface area contributed by atoms with Crippen molar-refractivity contribution in [3.05, 3.63) is 59.4 Å². The zero-order chi connectivity index (χ0) is 21.5. The third kappa shape index (κ3) is 4.93. The summed E-state index contributed by atoms with van der Waals surface area (Å²) in [6.45, 7) is 1.88. The molecule has 0 spiro atoms. The molecule has 0 radical (unpaired) electrons. The Labute approximate surface area is 174 Å². The summed E-state index contributed by atoms with van der Waals surface area (Å²) in [4.78, 5) is 24.9. The van der Waals surface area contributed by atoms with Gasteiger partial charge in [0, 0.05) is 11.8 Å². The zero-order valence-electron chi connectivity index (χ0n) is 17.0. The minimum Gasteiger partial charge on any atom is -0.497 e. The first-order chi connectivity index (χ1) is 14.5. The van der Waals surface area contributed by atoms with E-state index in [1.807, 2.05) is 24.3 Å². The molecule has 156 valence electrons. The van der Waals surface area contributed by atoms with Crippen molar-refractivity contribution >= 4 is 23.6 Å². The predicted octanol–water partition coefficient (Wildman–Crippen LogP) is 3.13. The largest absolute Gasteiger partial charge is 0.497 e.